The zero-order chi connectivity index (χ0) is 15.3. The van der Waals surface area contributed by atoms with Gasteiger partial charge in [-0.3, -0.25) is 4.84 Å². The number of hydroxylamine groups is 2. The quantitative estimate of drug-likeness (QED) is 0.598. The molecule has 1 aromatic carbocycles. The standard InChI is InChI=1S/C15H20BrNO3/c1-6-13(11-8-7-9-12(16)10-11)17(19-5)14(18)20-15(2,3)4/h6-10,13H,1H2,2-5H3/t13-/m1/s1. The fourth-order valence-electron chi connectivity index (χ4n) is 1.67. The molecule has 5 heteroatoms. The third-order valence-corrected chi connectivity index (χ3v) is 2.93. The van der Waals surface area contributed by atoms with Gasteiger partial charge in [-0.15, -0.1) is 6.58 Å². The summed E-state index contributed by atoms with van der Waals surface area (Å²) in [5, 5.41) is 1.17. The largest absolute Gasteiger partial charge is 0.442 e. The summed E-state index contributed by atoms with van der Waals surface area (Å²) in [5.74, 6) is 0. The fourth-order valence-corrected chi connectivity index (χ4v) is 2.08. The van der Waals surface area contributed by atoms with Crippen molar-refractivity contribution in [2.45, 2.75) is 32.4 Å². The topological polar surface area (TPSA) is 38.8 Å². The summed E-state index contributed by atoms with van der Waals surface area (Å²) >= 11 is 3.41. The molecule has 4 nitrogen and oxygen atoms in total. The molecule has 0 fully saturated rings. The van der Waals surface area contributed by atoms with Crippen molar-refractivity contribution in [2.24, 2.45) is 0 Å². The van der Waals surface area contributed by atoms with Crippen molar-refractivity contribution in [1.29, 1.82) is 0 Å². The first-order valence-electron chi connectivity index (χ1n) is 6.23. The van der Waals surface area contributed by atoms with Gasteiger partial charge in [0.1, 0.15) is 11.6 Å². The average Bonchev–Trinajstić information content (AvgIpc) is 2.33. The molecule has 1 aromatic rings. The highest BCUT2D eigenvalue weighted by Gasteiger charge is 2.28. The van der Waals surface area contributed by atoms with Crippen molar-refractivity contribution in [2.75, 3.05) is 7.11 Å². The number of carbonyl (C=O) groups excluding carboxylic acids is 1. The summed E-state index contributed by atoms with van der Waals surface area (Å²) in [6.45, 7) is 9.19. The normalized spacial score (nSPS) is 12.7. The zero-order valence-electron chi connectivity index (χ0n) is 12.2. The van der Waals surface area contributed by atoms with Gasteiger partial charge in [0.2, 0.25) is 0 Å². The van der Waals surface area contributed by atoms with Gasteiger partial charge in [0.15, 0.2) is 0 Å². The van der Waals surface area contributed by atoms with Gasteiger partial charge in [-0.1, -0.05) is 34.1 Å². The van der Waals surface area contributed by atoms with Crippen molar-refractivity contribution in [3.05, 3.63) is 47.0 Å². The SMILES string of the molecule is C=C[C@H](c1cccc(Br)c1)N(OC)C(=O)OC(C)(C)C. The Hall–Kier alpha value is -1.33. The summed E-state index contributed by atoms with van der Waals surface area (Å²) in [4.78, 5) is 17.3. The third kappa shape index (κ3) is 4.65. The van der Waals surface area contributed by atoms with Gasteiger partial charge in [0.05, 0.1) is 7.11 Å². The highest BCUT2D eigenvalue weighted by atomic mass is 79.9. The van der Waals surface area contributed by atoms with Crippen molar-refractivity contribution >= 4 is 22.0 Å². The monoisotopic (exact) mass is 341 g/mol. The molecule has 1 rings (SSSR count). The van der Waals surface area contributed by atoms with Gasteiger partial charge in [-0.25, -0.2) is 4.79 Å². The van der Waals surface area contributed by atoms with Gasteiger partial charge >= 0.3 is 6.09 Å². The number of hydrogen-bond acceptors (Lipinski definition) is 3. The predicted molar refractivity (Wildman–Crippen MR) is 82.2 cm³/mol. The molecular weight excluding hydrogens is 322 g/mol. The molecule has 0 aliphatic heterocycles. The van der Waals surface area contributed by atoms with Crippen LogP contribution < -0.4 is 0 Å². The van der Waals surface area contributed by atoms with Crippen molar-refractivity contribution in [3.8, 4) is 0 Å². The molecular formula is C15H20BrNO3. The molecule has 0 aromatic heterocycles. The van der Waals surface area contributed by atoms with E-state index in [2.05, 4.69) is 22.5 Å². The van der Waals surface area contributed by atoms with Gasteiger partial charge in [-0.05, 0) is 38.5 Å². The minimum absolute atomic E-state index is 0.424. The van der Waals surface area contributed by atoms with Crippen LogP contribution in [0.1, 0.15) is 32.4 Å². The van der Waals surface area contributed by atoms with E-state index in [1.165, 1.54) is 12.2 Å². The minimum Gasteiger partial charge on any atom is -0.442 e. The van der Waals surface area contributed by atoms with Gasteiger partial charge < -0.3 is 4.74 Å². The van der Waals surface area contributed by atoms with Gasteiger partial charge in [-0.2, -0.15) is 5.06 Å². The van der Waals surface area contributed by atoms with Crippen LogP contribution >= 0.6 is 15.9 Å². The Morgan fingerprint density at radius 1 is 1.45 bits per heavy atom. The van der Waals surface area contributed by atoms with E-state index in [-0.39, 0.29) is 0 Å². The Kier molecular flexibility index (Phi) is 5.77. The van der Waals surface area contributed by atoms with Crippen LogP contribution in [-0.4, -0.2) is 23.9 Å². The Morgan fingerprint density at radius 3 is 2.55 bits per heavy atom. The van der Waals surface area contributed by atoms with E-state index in [0.717, 1.165) is 10.0 Å². The lowest BCUT2D eigenvalue weighted by molar-refractivity contribution is -0.140. The summed E-state index contributed by atoms with van der Waals surface area (Å²) in [6, 6.07) is 7.18. The van der Waals surface area contributed by atoms with E-state index in [4.69, 9.17) is 9.57 Å². The molecule has 1 atom stereocenters. The highest BCUT2D eigenvalue weighted by Crippen LogP contribution is 2.26. The fraction of sp³-hybridized carbons (Fsp3) is 0.400. The van der Waals surface area contributed by atoms with Crippen LogP contribution in [0.25, 0.3) is 0 Å². The van der Waals surface area contributed by atoms with E-state index in [1.54, 1.807) is 26.8 Å². The van der Waals surface area contributed by atoms with Crippen molar-refractivity contribution < 1.29 is 14.4 Å². The number of ether oxygens (including phenoxy) is 1. The summed E-state index contributed by atoms with van der Waals surface area (Å²) < 4.78 is 6.25. The number of nitrogens with zero attached hydrogens (tertiary/aromatic N) is 1. The first-order valence-corrected chi connectivity index (χ1v) is 7.02. The third-order valence-electron chi connectivity index (χ3n) is 2.44. The van der Waals surface area contributed by atoms with Gasteiger partial charge in [0.25, 0.3) is 0 Å². The van der Waals surface area contributed by atoms with E-state index in [1.807, 2.05) is 24.3 Å². The highest BCUT2D eigenvalue weighted by molar-refractivity contribution is 9.10. The molecule has 0 bridgehead atoms. The number of carbonyl (C=O) groups is 1. The smallest absolute Gasteiger partial charge is 0.435 e. The Labute approximate surface area is 128 Å². The number of halogens is 1. The Balaban J connectivity index is 3.01. The molecule has 0 spiro atoms. The van der Waals surface area contributed by atoms with E-state index in [0.29, 0.717) is 0 Å². The summed E-state index contributed by atoms with van der Waals surface area (Å²) in [5.41, 5.74) is 0.290. The molecule has 0 radical (unpaired) electrons. The van der Waals surface area contributed by atoms with Crippen LogP contribution in [0, 0.1) is 0 Å². The van der Waals surface area contributed by atoms with Crippen LogP contribution in [0.3, 0.4) is 0 Å². The molecule has 0 unspecified atom stereocenters. The molecule has 0 saturated carbocycles. The van der Waals surface area contributed by atoms with Crippen LogP contribution in [0.15, 0.2) is 41.4 Å². The van der Waals surface area contributed by atoms with E-state index < -0.39 is 17.7 Å². The molecule has 110 valence electrons. The number of rotatable bonds is 4. The molecule has 0 aliphatic carbocycles. The Bertz CT molecular complexity index is 482. The maximum absolute atomic E-state index is 12.2. The summed E-state index contributed by atoms with van der Waals surface area (Å²) in [7, 11) is 1.43. The molecule has 0 saturated heterocycles. The van der Waals surface area contributed by atoms with Crippen molar-refractivity contribution in [3.63, 3.8) is 0 Å². The summed E-state index contributed by atoms with van der Waals surface area (Å²) in [6.07, 6.45) is 1.08. The van der Waals surface area contributed by atoms with E-state index >= 15 is 0 Å². The molecule has 1 amide bonds. The number of hydrogen-bond donors (Lipinski definition) is 0. The Morgan fingerprint density at radius 2 is 2.10 bits per heavy atom. The van der Waals surface area contributed by atoms with Crippen LogP contribution in [0.2, 0.25) is 0 Å². The molecule has 0 N–H and O–H groups in total. The lowest BCUT2D eigenvalue weighted by atomic mass is 10.1. The first kappa shape index (κ1) is 16.7. The number of benzene rings is 1. The molecule has 20 heavy (non-hydrogen) atoms. The van der Waals surface area contributed by atoms with E-state index in [9.17, 15) is 4.79 Å². The predicted octanol–water partition coefficient (Wildman–Crippen LogP) is 4.47. The molecule has 0 aliphatic rings. The second-order valence-corrected chi connectivity index (χ2v) is 6.14. The lowest BCUT2D eigenvalue weighted by Gasteiger charge is -2.30. The van der Waals surface area contributed by atoms with Crippen molar-refractivity contribution in [1.82, 2.24) is 5.06 Å². The van der Waals surface area contributed by atoms with Crippen LogP contribution in [0.4, 0.5) is 4.79 Å². The first-order chi connectivity index (χ1) is 9.28. The second kappa shape index (κ2) is 6.90. The maximum atomic E-state index is 12.2. The van der Waals surface area contributed by atoms with Gasteiger partial charge in [0, 0.05) is 4.47 Å². The minimum atomic E-state index is -0.586. The average molecular weight is 342 g/mol. The van der Waals surface area contributed by atoms with Crippen LogP contribution in [0.5, 0.6) is 0 Å². The number of amides is 1. The lowest BCUT2D eigenvalue weighted by Crippen LogP contribution is -2.38. The maximum Gasteiger partial charge on any atom is 0.435 e. The second-order valence-electron chi connectivity index (χ2n) is 5.22. The zero-order valence-corrected chi connectivity index (χ0v) is 13.8. The molecule has 0 heterocycles. The van der Waals surface area contributed by atoms with Crippen LogP contribution in [-0.2, 0) is 9.57 Å².